The number of aromatic nitrogens is 1. The van der Waals surface area contributed by atoms with Crippen LogP contribution in [0.15, 0.2) is 15.6 Å². The Morgan fingerprint density at radius 1 is 1.38 bits per heavy atom. The van der Waals surface area contributed by atoms with Crippen molar-refractivity contribution in [3.8, 4) is 0 Å². The number of rotatable bonds is 10. The summed E-state index contributed by atoms with van der Waals surface area (Å²) in [5, 5.41) is 10.2. The third-order valence-electron chi connectivity index (χ3n) is 3.04. The van der Waals surface area contributed by atoms with E-state index in [2.05, 4.69) is 34.6 Å². The molecule has 1 aromatic rings. The number of hydrogen-bond donors (Lipinski definition) is 2. The van der Waals surface area contributed by atoms with E-state index in [0.29, 0.717) is 37.3 Å². The van der Waals surface area contributed by atoms with Gasteiger partial charge in [0.25, 0.3) is 0 Å². The Morgan fingerprint density at radius 3 is 2.71 bits per heavy atom. The van der Waals surface area contributed by atoms with E-state index in [9.17, 15) is 8.42 Å². The second-order valence-corrected chi connectivity index (χ2v) is 8.00. The normalized spacial score (nSPS) is 12.6. The number of guanidine groups is 1. The van der Waals surface area contributed by atoms with Crippen LogP contribution in [0.4, 0.5) is 0 Å². The molecule has 0 bridgehead atoms. The van der Waals surface area contributed by atoms with Crippen molar-refractivity contribution in [3.63, 3.8) is 0 Å². The zero-order valence-electron chi connectivity index (χ0n) is 14.8. The second-order valence-electron chi connectivity index (χ2n) is 5.74. The minimum absolute atomic E-state index is 0.0326. The van der Waals surface area contributed by atoms with E-state index in [1.807, 2.05) is 13.0 Å². The Labute approximate surface area is 144 Å². The van der Waals surface area contributed by atoms with E-state index in [-0.39, 0.29) is 12.4 Å². The molecule has 1 heterocycles. The van der Waals surface area contributed by atoms with Crippen LogP contribution in [-0.2, 0) is 21.1 Å². The predicted molar refractivity (Wildman–Crippen MR) is 93.9 cm³/mol. The zero-order valence-corrected chi connectivity index (χ0v) is 15.6. The van der Waals surface area contributed by atoms with Crippen molar-refractivity contribution in [1.82, 2.24) is 15.8 Å². The van der Waals surface area contributed by atoms with Crippen LogP contribution in [0.2, 0.25) is 0 Å². The molecule has 0 amide bonds. The van der Waals surface area contributed by atoms with E-state index >= 15 is 0 Å². The number of nitrogens with one attached hydrogen (secondary N) is 2. The minimum Gasteiger partial charge on any atom is -0.379 e. The van der Waals surface area contributed by atoms with E-state index in [1.54, 1.807) is 0 Å². The summed E-state index contributed by atoms with van der Waals surface area (Å²) in [4.78, 5) is 4.42. The van der Waals surface area contributed by atoms with Crippen molar-refractivity contribution in [2.24, 2.45) is 4.99 Å². The summed E-state index contributed by atoms with van der Waals surface area (Å²) in [7, 11) is -2.98. The number of nitrogens with zero attached hydrogens (tertiary/aromatic N) is 2. The van der Waals surface area contributed by atoms with Crippen LogP contribution in [0.1, 0.15) is 38.1 Å². The van der Waals surface area contributed by atoms with Crippen LogP contribution in [-0.4, -0.2) is 57.8 Å². The Balaban J connectivity index is 2.36. The molecule has 24 heavy (non-hydrogen) atoms. The van der Waals surface area contributed by atoms with E-state index in [0.717, 1.165) is 12.2 Å². The maximum Gasteiger partial charge on any atom is 0.191 e. The highest BCUT2D eigenvalue weighted by Crippen LogP contribution is 2.14. The molecule has 0 aromatic carbocycles. The van der Waals surface area contributed by atoms with Crippen LogP contribution in [0.3, 0.4) is 0 Å². The first-order valence-corrected chi connectivity index (χ1v) is 10.1. The van der Waals surface area contributed by atoms with Gasteiger partial charge >= 0.3 is 0 Å². The third kappa shape index (κ3) is 8.88. The quantitative estimate of drug-likeness (QED) is 0.363. The molecule has 1 aromatic heterocycles. The predicted octanol–water partition coefficient (Wildman–Crippen LogP) is 0.914. The first-order valence-electron chi connectivity index (χ1n) is 8.05. The van der Waals surface area contributed by atoms with Crippen molar-refractivity contribution in [3.05, 3.63) is 17.5 Å². The fourth-order valence-electron chi connectivity index (χ4n) is 1.73. The molecule has 0 saturated heterocycles. The molecule has 0 unspecified atom stereocenters. The largest absolute Gasteiger partial charge is 0.379 e. The summed E-state index contributed by atoms with van der Waals surface area (Å²) in [5.41, 5.74) is 0.914. The van der Waals surface area contributed by atoms with Crippen molar-refractivity contribution in [2.75, 3.05) is 38.3 Å². The lowest BCUT2D eigenvalue weighted by Gasteiger charge is -2.11. The molecule has 0 aliphatic rings. The summed E-state index contributed by atoms with van der Waals surface area (Å²) in [5.74, 6) is 1.71. The topological polar surface area (TPSA) is 106 Å². The number of hydrogen-bond acceptors (Lipinski definition) is 6. The Hall–Kier alpha value is -1.61. The number of aliphatic imine (C=N–C) groups is 1. The standard InChI is InChI=1S/C15H28N4O4S/c1-5-16-15(17-6-7-22-8-9-24(4,20)21)18-11-13-10-14(12(2)3)19-23-13/h10,12H,5-9,11H2,1-4H3,(H2,16,17,18). The highest BCUT2D eigenvalue weighted by atomic mass is 32.2. The average Bonchev–Trinajstić information content (AvgIpc) is 2.96. The highest BCUT2D eigenvalue weighted by Gasteiger charge is 2.07. The van der Waals surface area contributed by atoms with Gasteiger partial charge in [0.05, 0.1) is 24.7 Å². The third-order valence-corrected chi connectivity index (χ3v) is 3.95. The summed E-state index contributed by atoms with van der Waals surface area (Å²) in [6.07, 6.45) is 1.19. The number of ether oxygens (including phenoxy) is 1. The van der Waals surface area contributed by atoms with E-state index in [4.69, 9.17) is 9.26 Å². The average molecular weight is 360 g/mol. The smallest absolute Gasteiger partial charge is 0.191 e. The number of sulfone groups is 1. The van der Waals surface area contributed by atoms with Crippen molar-refractivity contribution in [2.45, 2.75) is 33.2 Å². The zero-order chi connectivity index (χ0) is 18.0. The van der Waals surface area contributed by atoms with Crippen molar-refractivity contribution in [1.29, 1.82) is 0 Å². The first-order chi connectivity index (χ1) is 11.3. The first kappa shape index (κ1) is 20.4. The van der Waals surface area contributed by atoms with Gasteiger partial charge in [-0.3, -0.25) is 0 Å². The van der Waals surface area contributed by atoms with Crippen LogP contribution in [0.5, 0.6) is 0 Å². The van der Waals surface area contributed by atoms with Gasteiger partial charge in [-0.25, -0.2) is 13.4 Å². The minimum atomic E-state index is -2.98. The summed E-state index contributed by atoms with van der Waals surface area (Å²) in [6, 6.07) is 1.91. The molecule has 0 aliphatic heterocycles. The van der Waals surface area contributed by atoms with Gasteiger partial charge in [0.2, 0.25) is 0 Å². The lowest BCUT2D eigenvalue weighted by Crippen LogP contribution is -2.39. The van der Waals surface area contributed by atoms with Gasteiger partial charge in [0.1, 0.15) is 16.4 Å². The highest BCUT2D eigenvalue weighted by molar-refractivity contribution is 7.90. The van der Waals surface area contributed by atoms with Gasteiger partial charge in [-0.1, -0.05) is 19.0 Å². The lowest BCUT2D eigenvalue weighted by molar-refractivity contribution is 0.154. The Morgan fingerprint density at radius 2 is 2.12 bits per heavy atom. The van der Waals surface area contributed by atoms with Gasteiger partial charge in [-0.2, -0.15) is 0 Å². The molecular weight excluding hydrogens is 332 g/mol. The van der Waals surface area contributed by atoms with Gasteiger partial charge in [-0.15, -0.1) is 0 Å². The van der Waals surface area contributed by atoms with Crippen LogP contribution in [0.25, 0.3) is 0 Å². The molecule has 1 rings (SSSR count). The molecule has 0 aliphatic carbocycles. The van der Waals surface area contributed by atoms with Crippen molar-refractivity contribution >= 4 is 15.8 Å². The summed E-state index contributed by atoms with van der Waals surface area (Å²) in [6.45, 7) is 8.34. The van der Waals surface area contributed by atoms with Gasteiger partial charge in [-0.05, 0) is 12.8 Å². The molecular formula is C15H28N4O4S. The van der Waals surface area contributed by atoms with Crippen molar-refractivity contribution < 1.29 is 17.7 Å². The Bertz CT molecular complexity index is 611. The molecule has 0 atom stereocenters. The lowest BCUT2D eigenvalue weighted by atomic mass is 10.1. The Kier molecular flexibility index (Phi) is 8.77. The van der Waals surface area contributed by atoms with Crippen LogP contribution < -0.4 is 10.6 Å². The van der Waals surface area contributed by atoms with Crippen LogP contribution in [0, 0.1) is 0 Å². The van der Waals surface area contributed by atoms with E-state index < -0.39 is 9.84 Å². The maximum atomic E-state index is 11.0. The second kappa shape index (κ2) is 10.3. The molecule has 0 saturated carbocycles. The molecule has 138 valence electrons. The van der Waals surface area contributed by atoms with Gasteiger partial charge < -0.3 is 19.9 Å². The van der Waals surface area contributed by atoms with Crippen LogP contribution >= 0.6 is 0 Å². The fraction of sp³-hybridized carbons (Fsp3) is 0.733. The summed E-state index contributed by atoms with van der Waals surface area (Å²) >= 11 is 0. The van der Waals surface area contributed by atoms with Gasteiger partial charge in [0, 0.05) is 25.4 Å². The van der Waals surface area contributed by atoms with E-state index in [1.165, 1.54) is 6.26 Å². The SMILES string of the molecule is CCNC(=NCc1cc(C(C)C)no1)NCCOCCS(C)(=O)=O. The molecule has 8 nitrogen and oxygen atoms in total. The summed E-state index contributed by atoms with van der Waals surface area (Å²) < 4.78 is 32.5. The molecule has 0 spiro atoms. The van der Waals surface area contributed by atoms with Gasteiger partial charge in [0.15, 0.2) is 11.7 Å². The maximum absolute atomic E-state index is 11.0. The molecule has 0 radical (unpaired) electrons. The molecule has 2 N–H and O–H groups in total. The molecule has 0 fully saturated rings. The monoisotopic (exact) mass is 360 g/mol. The fourth-order valence-corrected chi connectivity index (χ4v) is 2.15. The molecule has 9 heteroatoms.